The summed E-state index contributed by atoms with van der Waals surface area (Å²) in [5.41, 5.74) is 1.21. The lowest BCUT2D eigenvalue weighted by Crippen LogP contribution is -2.10. The topological polar surface area (TPSA) is 30.2 Å². The predicted octanol–water partition coefficient (Wildman–Crippen LogP) is 1.34. The highest BCUT2D eigenvalue weighted by atomic mass is 16.3. The van der Waals surface area contributed by atoms with Gasteiger partial charge in [0.1, 0.15) is 11.5 Å². The second-order valence-electron chi connectivity index (χ2n) is 2.58. The molecule has 0 fully saturated rings. The number of fused-ring (bicyclic) bond motifs is 1. The third-order valence-electron chi connectivity index (χ3n) is 1.87. The summed E-state index contributed by atoms with van der Waals surface area (Å²) in [7, 11) is 0. The molecule has 1 aromatic heterocycles. The van der Waals surface area contributed by atoms with E-state index < -0.39 is 0 Å². The number of ketones is 1. The maximum Gasteiger partial charge on any atom is 0.140 e. The van der Waals surface area contributed by atoms with Gasteiger partial charge in [-0.25, -0.2) is 0 Å². The third-order valence-corrected chi connectivity index (χ3v) is 1.87. The van der Waals surface area contributed by atoms with Gasteiger partial charge in [-0.2, -0.15) is 0 Å². The second kappa shape index (κ2) is 1.97. The Hall–Kier alpha value is -1.05. The molecular weight excluding hydrogens is 128 g/mol. The largest absolute Gasteiger partial charge is 0.469 e. The van der Waals surface area contributed by atoms with Crippen molar-refractivity contribution >= 4 is 5.78 Å². The molecule has 2 heteroatoms. The zero-order valence-corrected chi connectivity index (χ0v) is 5.59. The van der Waals surface area contributed by atoms with Gasteiger partial charge in [-0.1, -0.05) is 0 Å². The minimum atomic E-state index is 0.294. The summed E-state index contributed by atoms with van der Waals surface area (Å²) in [5, 5.41) is 0. The van der Waals surface area contributed by atoms with Crippen LogP contribution >= 0.6 is 0 Å². The normalized spacial score (nSPS) is 17.0. The predicted molar refractivity (Wildman–Crippen MR) is 35.7 cm³/mol. The minimum Gasteiger partial charge on any atom is -0.469 e. The molecule has 0 unspecified atom stereocenters. The van der Waals surface area contributed by atoms with Crippen molar-refractivity contribution in [2.75, 3.05) is 0 Å². The van der Waals surface area contributed by atoms with E-state index in [1.165, 1.54) is 5.56 Å². The standard InChI is InChI=1S/C8H8O2/c9-7-2-1-6-3-4-10-8(6)5-7/h3-4H,1-2,5H2. The van der Waals surface area contributed by atoms with Gasteiger partial charge >= 0.3 is 0 Å². The maximum absolute atomic E-state index is 10.9. The number of hydrogen-bond donors (Lipinski definition) is 0. The molecule has 10 heavy (non-hydrogen) atoms. The summed E-state index contributed by atoms with van der Waals surface area (Å²) in [6, 6.07) is 1.95. The Kier molecular flexibility index (Phi) is 1.13. The van der Waals surface area contributed by atoms with E-state index in [-0.39, 0.29) is 0 Å². The van der Waals surface area contributed by atoms with Gasteiger partial charge in [0.25, 0.3) is 0 Å². The molecule has 0 bridgehead atoms. The molecule has 0 amide bonds. The van der Waals surface area contributed by atoms with E-state index in [0.717, 1.165) is 12.2 Å². The number of Topliss-reactive ketones (excluding diaryl/α,β-unsaturated/α-hetero) is 1. The molecule has 0 spiro atoms. The first kappa shape index (κ1) is 5.71. The van der Waals surface area contributed by atoms with Gasteiger partial charge in [0.15, 0.2) is 0 Å². The summed E-state index contributed by atoms with van der Waals surface area (Å²) in [6.45, 7) is 0. The number of aryl methyl sites for hydroxylation is 1. The van der Waals surface area contributed by atoms with Gasteiger partial charge in [-0.15, -0.1) is 0 Å². The molecule has 0 atom stereocenters. The monoisotopic (exact) mass is 136 g/mol. The molecule has 2 rings (SSSR count). The van der Waals surface area contributed by atoms with Gasteiger partial charge in [-0.3, -0.25) is 4.79 Å². The van der Waals surface area contributed by atoms with Crippen molar-refractivity contribution in [3.8, 4) is 0 Å². The Morgan fingerprint density at radius 3 is 3.20 bits per heavy atom. The van der Waals surface area contributed by atoms with E-state index in [0.29, 0.717) is 18.6 Å². The van der Waals surface area contributed by atoms with Crippen molar-refractivity contribution in [2.45, 2.75) is 19.3 Å². The van der Waals surface area contributed by atoms with E-state index in [4.69, 9.17) is 4.42 Å². The third kappa shape index (κ3) is 0.764. The van der Waals surface area contributed by atoms with E-state index in [1.807, 2.05) is 6.07 Å². The van der Waals surface area contributed by atoms with E-state index in [2.05, 4.69) is 0 Å². The summed E-state index contributed by atoms with van der Waals surface area (Å²) in [4.78, 5) is 10.9. The first-order valence-corrected chi connectivity index (χ1v) is 3.43. The number of carbonyl (C=O) groups is 1. The summed E-state index contributed by atoms with van der Waals surface area (Å²) >= 11 is 0. The number of rotatable bonds is 0. The van der Waals surface area contributed by atoms with Crippen LogP contribution in [0.25, 0.3) is 0 Å². The van der Waals surface area contributed by atoms with Crippen molar-refractivity contribution in [3.05, 3.63) is 23.7 Å². The SMILES string of the molecule is O=C1CCc2ccoc2C1. The van der Waals surface area contributed by atoms with Crippen LogP contribution in [0.5, 0.6) is 0 Å². The highest BCUT2D eigenvalue weighted by molar-refractivity contribution is 5.82. The number of furan rings is 1. The first-order valence-electron chi connectivity index (χ1n) is 3.43. The zero-order valence-electron chi connectivity index (χ0n) is 5.59. The Morgan fingerprint density at radius 1 is 1.40 bits per heavy atom. The average molecular weight is 136 g/mol. The molecule has 1 aromatic rings. The smallest absolute Gasteiger partial charge is 0.140 e. The Labute approximate surface area is 58.8 Å². The van der Waals surface area contributed by atoms with E-state index >= 15 is 0 Å². The summed E-state index contributed by atoms with van der Waals surface area (Å²) < 4.78 is 5.11. The van der Waals surface area contributed by atoms with E-state index in [9.17, 15) is 4.79 Å². The van der Waals surface area contributed by atoms with Crippen LogP contribution in [0.15, 0.2) is 16.7 Å². The fourth-order valence-corrected chi connectivity index (χ4v) is 1.29. The van der Waals surface area contributed by atoms with E-state index in [1.54, 1.807) is 6.26 Å². The fourth-order valence-electron chi connectivity index (χ4n) is 1.29. The number of hydrogen-bond acceptors (Lipinski definition) is 2. The highest BCUT2D eigenvalue weighted by Crippen LogP contribution is 2.19. The summed E-state index contributed by atoms with van der Waals surface area (Å²) in [5.74, 6) is 1.17. The van der Waals surface area contributed by atoms with Crippen LogP contribution in [0.2, 0.25) is 0 Å². The van der Waals surface area contributed by atoms with Gasteiger partial charge in [-0.05, 0) is 18.1 Å². The molecular formula is C8H8O2. The first-order chi connectivity index (χ1) is 4.86. The van der Waals surface area contributed by atoms with Gasteiger partial charge in [0.2, 0.25) is 0 Å². The van der Waals surface area contributed by atoms with Crippen LogP contribution < -0.4 is 0 Å². The highest BCUT2D eigenvalue weighted by Gasteiger charge is 2.17. The molecule has 0 radical (unpaired) electrons. The van der Waals surface area contributed by atoms with Crippen molar-refractivity contribution in [1.29, 1.82) is 0 Å². The van der Waals surface area contributed by atoms with Gasteiger partial charge in [0, 0.05) is 6.42 Å². The average Bonchev–Trinajstić information content (AvgIpc) is 2.33. The molecule has 0 saturated heterocycles. The van der Waals surface area contributed by atoms with Crippen LogP contribution in [0.4, 0.5) is 0 Å². The molecule has 0 aliphatic heterocycles. The van der Waals surface area contributed by atoms with Crippen LogP contribution in [0, 0.1) is 0 Å². The molecule has 2 nitrogen and oxygen atoms in total. The molecule has 1 heterocycles. The second-order valence-corrected chi connectivity index (χ2v) is 2.58. The lowest BCUT2D eigenvalue weighted by atomic mass is 9.98. The maximum atomic E-state index is 10.9. The van der Waals surface area contributed by atoms with Gasteiger partial charge < -0.3 is 4.42 Å². The molecule has 0 saturated carbocycles. The minimum absolute atomic E-state index is 0.294. The Bertz CT molecular complexity index is 260. The van der Waals surface area contributed by atoms with Crippen LogP contribution in [0.3, 0.4) is 0 Å². The number of carbonyl (C=O) groups excluding carboxylic acids is 1. The zero-order chi connectivity index (χ0) is 6.97. The van der Waals surface area contributed by atoms with Crippen LogP contribution in [-0.2, 0) is 17.6 Å². The fraction of sp³-hybridized carbons (Fsp3) is 0.375. The molecule has 0 aromatic carbocycles. The quantitative estimate of drug-likeness (QED) is 0.538. The molecule has 1 aliphatic rings. The molecule has 52 valence electrons. The van der Waals surface area contributed by atoms with Crippen molar-refractivity contribution in [3.63, 3.8) is 0 Å². The summed E-state index contributed by atoms with van der Waals surface area (Å²) in [6.07, 6.45) is 3.71. The van der Waals surface area contributed by atoms with Crippen molar-refractivity contribution in [2.24, 2.45) is 0 Å². The Balaban J connectivity index is 2.39. The lowest BCUT2D eigenvalue weighted by molar-refractivity contribution is -0.119. The van der Waals surface area contributed by atoms with Crippen molar-refractivity contribution < 1.29 is 9.21 Å². The molecule has 0 N–H and O–H groups in total. The lowest BCUT2D eigenvalue weighted by Gasteiger charge is -2.06. The van der Waals surface area contributed by atoms with Crippen molar-refractivity contribution in [1.82, 2.24) is 0 Å². The van der Waals surface area contributed by atoms with Gasteiger partial charge in [0.05, 0.1) is 12.7 Å². The Morgan fingerprint density at radius 2 is 2.30 bits per heavy atom. The molecule has 1 aliphatic carbocycles. The van der Waals surface area contributed by atoms with Crippen LogP contribution in [-0.4, -0.2) is 5.78 Å². The van der Waals surface area contributed by atoms with Crippen LogP contribution in [0.1, 0.15) is 17.7 Å².